The van der Waals surface area contributed by atoms with Crippen LogP contribution < -0.4 is 3.53 Å². The van der Waals surface area contributed by atoms with Gasteiger partial charge in [-0.05, 0) is 18.8 Å². The molecule has 0 bridgehead atoms. The van der Waals surface area contributed by atoms with Gasteiger partial charge in [0, 0.05) is 36.0 Å². The third-order valence-corrected chi connectivity index (χ3v) is 4.50. The maximum atomic E-state index is 12.4. The van der Waals surface area contributed by atoms with Gasteiger partial charge in [0.25, 0.3) is 0 Å². The molecule has 1 amide bonds. The second-order valence-corrected chi connectivity index (χ2v) is 5.55. The number of hydrogen-bond acceptors (Lipinski definition) is 3. The van der Waals surface area contributed by atoms with Crippen LogP contribution in [0.15, 0.2) is 0 Å². The largest absolute Gasteiger partial charge is 0.378 e. The molecule has 1 aliphatic carbocycles. The van der Waals surface area contributed by atoms with Crippen molar-refractivity contribution >= 4 is 28.8 Å². The van der Waals surface area contributed by atoms with E-state index in [0.29, 0.717) is 19.1 Å². The molecule has 4 nitrogen and oxygen atoms in total. The number of ether oxygens (including phenoxy) is 1. The van der Waals surface area contributed by atoms with Crippen LogP contribution >= 0.6 is 22.9 Å². The number of carbonyl (C=O) groups is 1. The zero-order chi connectivity index (χ0) is 12.1. The molecule has 0 aromatic heterocycles. The van der Waals surface area contributed by atoms with E-state index in [2.05, 4.69) is 26.4 Å². The van der Waals surface area contributed by atoms with Gasteiger partial charge in [-0.2, -0.15) is 0 Å². The standard InChI is InChI=1S/C12H21IN2O2/c13-14-11(10-4-2-1-3-5-10)12(16)15-6-8-17-9-7-15/h10-11,14H,1-9H2/t11-/m0/s1. The molecule has 1 heterocycles. The summed E-state index contributed by atoms with van der Waals surface area (Å²) >= 11 is 2.13. The average Bonchev–Trinajstić information content (AvgIpc) is 2.42. The van der Waals surface area contributed by atoms with E-state index in [-0.39, 0.29) is 11.9 Å². The summed E-state index contributed by atoms with van der Waals surface area (Å²) in [5.41, 5.74) is 0. The lowest BCUT2D eigenvalue weighted by atomic mass is 9.83. The molecule has 1 aliphatic heterocycles. The number of nitrogens with one attached hydrogen (secondary N) is 1. The van der Waals surface area contributed by atoms with E-state index in [4.69, 9.17) is 4.74 Å². The predicted octanol–water partition coefficient (Wildman–Crippen LogP) is 1.73. The van der Waals surface area contributed by atoms with Crippen molar-refractivity contribution in [2.75, 3.05) is 26.3 Å². The van der Waals surface area contributed by atoms with Gasteiger partial charge in [-0.15, -0.1) is 0 Å². The fourth-order valence-corrected chi connectivity index (χ4v) is 3.56. The summed E-state index contributed by atoms with van der Waals surface area (Å²) < 4.78 is 8.50. The van der Waals surface area contributed by atoms with Crippen LogP contribution in [-0.4, -0.2) is 43.2 Å². The highest BCUT2D eigenvalue weighted by molar-refractivity contribution is 14.1. The molecule has 17 heavy (non-hydrogen) atoms. The molecule has 1 saturated heterocycles. The van der Waals surface area contributed by atoms with Gasteiger partial charge >= 0.3 is 0 Å². The predicted molar refractivity (Wildman–Crippen MR) is 74.9 cm³/mol. The lowest BCUT2D eigenvalue weighted by molar-refractivity contribution is -0.138. The van der Waals surface area contributed by atoms with E-state index < -0.39 is 0 Å². The molecular weight excluding hydrogens is 331 g/mol. The molecule has 1 atom stereocenters. The molecule has 2 aliphatic rings. The summed E-state index contributed by atoms with van der Waals surface area (Å²) in [5.74, 6) is 0.797. The zero-order valence-corrected chi connectivity index (χ0v) is 12.3. The first kappa shape index (κ1) is 13.5. The van der Waals surface area contributed by atoms with Gasteiger partial charge in [-0.3, -0.25) is 4.79 Å². The Kier molecular flexibility index (Phi) is 5.49. The van der Waals surface area contributed by atoms with E-state index in [1.807, 2.05) is 4.90 Å². The lowest BCUT2D eigenvalue weighted by Gasteiger charge is -2.34. The maximum Gasteiger partial charge on any atom is 0.240 e. The minimum atomic E-state index is 0.00833. The van der Waals surface area contributed by atoms with E-state index in [1.165, 1.54) is 32.1 Å². The van der Waals surface area contributed by atoms with Crippen molar-refractivity contribution in [3.63, 3.8) is 0 Å². The SMILES string of the molecule is O=C([C@@H](NI)C1CCCCC1)N1CCOCC1. The molecule has 0 unspecified atom stereocenters. The van der Waals surface area contributed by atoms with Crippen molar-refractivity contribution < 1.29 is 9.53 Å². The smallest absolute Gasteiger partial charge is 0.240 e. The number of amides is 1. The number of hydrogen-bond donors (Lipinski definition) is 1. The minimum Gasteiger partial charge on any atom is -0.378 e. The van der Waals surface area contributed by atoms with E-state index in [1.54, 1.807) is 0 Å². The normalized spacial score (nSPS) is 24.6. The lowest BCUT2D eigenvalue weighted by Crippen LogP contribution is -2.51. The minimum absolute atomic E-state index is 0.00833. The first-order valence-electron chi connectivity index (χ1n) is 6.55. The van der Waals surface area contributed by atoms with E-state index in [9.17, 15) is 4.79 Å². The van der Waals surface area contributed by atoms with Gasteiger partial charge in [-0.1, -0.05) is 19.3 Å². The van der Waals surface area contributed by atoms with Gasteiger partial charge in [-0.25, -0.2) is 3.53 Å². The van der Waals surface area contributed by atoms with E-state index in [0.717, 1.165) is 13.1 Å². The van der Waals surface area contributed by atoms with Crippen LogP contribution in [0.25, 0.3) is 0 Å². The Morgan fingerprint density at radius 3 is 2.47 bits per heavy atom. The molecule has 0 aromatic rings. The van der Waals surface area contributed by atoms with Gasteiger partial charge in [0.05, 0.1) is 19.3 Å². The topological polar surface area (TPSA) is 41.6 Å². The monoisotopic (exact) mass is 352 g/mol. The highest BCUT2D eigenvalue weighted by Crippen LogP contribution is 2.28. The number of rotatable bonds is 3. The van der Waals surface area contributed by atoms with Gasteiger partial charge in [0.1, 0.15) is 0 Å². The summed E-state index contributed by atoms with van der Waals surface area (Å²) in [6.07, 6.45) is 6.26. The molecule has 1 N–H and O–H groups in total. The Morgan fingerprint density at radius 1 is 1.24 bits per heavy atom. The average molecular weight is 352 g/mol. The van der Waals surface area contributed by atoms with Crippen LogP contribution in [-0.2, 0) is 9.53 Å². The fraction of sp³-hybridized carbons (Fsp3) is 0.917. The van der Waals surface area contributed by atoms with Crippen LogP contribution in [0.1, 0.15) is 32.1 Å². The quantitative estimate of drug-likeness (QED) is 0.622. The van der Waals surface area contributed by atoms with Crippen LogP contribution in [0.3, 0.4) is 0 Å². The number of morpholine rings is 1. The second kappa shape index (κ2) is 6.89. The molecule has 2 rings (SSSR count). The summed E-state index contributed by atoms with van der Waals surface area (Å²) in [5, 5.41) is 0. The molecule has 98 valence electrons. The highest BCUT2D eigenvalue weighted by Gasteiger charge is 2.32. The summed E-state index contributed by atoms with van der Waals surface area (Å²) in [6.45, 7) is 2.87. The van der Waals surface area contributed by atoms with Crippen molar-refractivity contribution in [1.82, 2.24) is 8.43 Å². The Balaban J connectivity index is 1.93. The van der Waals surface area contributed by atoms with E-state index >= 15 is 0 Å². The van der Waals surface area contributed by atoms with Crippen molar-refractivity contribution in [3.05, 3.63) is 0 Å². The molecule has 1 saturated carbocycles. The van der Waals surface area contributed by atoms with Crippen molar-refractivity contribution in [2.45, 2.75) is 38.1 Å². The Bertz CT molecular complexity index is 251. The molecular formula is C12H21IN2O2. The summed E-state index contributed by atoms with van der Waals surface area (Å²) in [4.78, 5) is 14.4. The molecule has 2 fully saturated rings. The Labute approximate surface area is 117 Å². The second-order valence-electron chi connectivity index (χ2n) is 4.92. The number of nitrogens with zero attached hydrogens (tertiary/aromatic N) is 1. The summed E-state index contributed by atoms with van der Waals surface area (Å²) in [6, 6.07) is 0.00833. The van der Waals surface area contributed by atoms with Crippen molar-refractivity contribution in [3.8, 4) is 0 Å². The summed E-state index contributed by atoms with van der Waals surface area (Å²) in [7, 11) is 0. The number of carbonyl (C=O) groups excluding carboxylic acids is 1. The van der Waals surface area contributed by atoms with Crippen LogP contribution in [0, 0.1) is 5.92 Å². The number of halogens is 1. The molecule has 0 aromatic carbocycles. The third-order valence-electron chi connectivity index (χ3n) is 3.83. The first-order valence-corrected chi connectivity index (χ1v) is 7.63. The molecule has 0 radical (unpaired) electrons. The zero-order valence-electron chi connectivity index (χ0n) is 10.2. The third kappa shape index (κ3) is 3.54. The Hall–Kier alpha value is 0.120. The fourth-order valence-electron chi connectivity index (χ4n) is 2.79. The van der Waals surface area contributed by atoms with Gasteiger partial charge < -0.3 is 9.64 Å². The highest BCUT2D eigenvalue weighted by atomic mass is 127. The first-order chi connectivity index (χ1) is 8.33. The molecule has 5 heteroatoms. The van der Waals surface area contributed by atoms with Crippen molar-refractivity contribution in [2.24, 2.45) is 5.92 Å². The Morgan fingerprint density at radius 2 is 1.88 bits per heavy atom. The van der Waals surface area contributed by atoms with Gasteiger partial charge in [0.15, 0.2) is 0 Å². The van der Waals surface area contributed by atoms with Crippen LogP contribution in [0.2, 0.25) is 0 Å². The van der Waals surface area contributed by atoms with Crippen LogP contribution in [0.4, 0.5) is 0 Å². The molecule has 0 spiro atoms. The maximum absolute atomic E-state index is 12.4. The van der Waals surface area contributed by atoms with Crippen LogP contribution in [0.5, 0.6) is 0 Å². The van der Waals surface area contributed by atoms with Crippen molar-refractivity contribution in [1.29, 1.82) is 0 Å². The van der Waals surface area contributed by atoms with Gasteiger partial charge in [0.2, 0.25) is 5.91 Å².